The number of nitrogens with one attached hydrogen (secondary N) is 1. The van der Waals surface area contributed by atoms with Crippen LogP contribution in [0.4, 0.5) is 4.39 Å². The number of nitrogens with zero attached hydrogens (tertiary/aromatic N) is 1. The molecule has 0 aliphatic rings. The second kappa shape index (κ2) is 6.66. The molecule has 2 rings (SSSR count). The number of thiazole rings is 1. The number of aryl methyl sites for hydroxylation is 1. The Balaban J connectivity index is 2.20. The molecule has 0 spiro atoms. The van der Waals surface area contributed by atoms with Crippen molar-refractivity contribution in [3.05, 3.63) is 39.6 Å². The maximum Gasteiger partial charge on any atom is 0.152 e. The van der Waals surface area contributed by atoms with Gasteiger partial charge in [-0.2, -0.15) is 0 Å². The predicted octanol–water partition coefficient (Wildman–Crippen LogP) is 4.66. The summed E-state index contributed by atoms with van der Waals surface area (Å²) in [5.74, 6) is 0.206. The number of benzene rings is 1. The lowest BCUT2D eigenvalue weighted by Crippen LogP contribution is -2.18. The highest BCUT2D eigenvalue weighted by Crippen LogP contribution is 2.32. The second-order valence-electron chi connectivity index (χ2n) is 5.15. The summed E-state index contributed by atoms with van der Waals surface area (Å²) in [4.78, 5) is 5.60. The van der Waals surface area contributed by atoms with Crippen LogP contribution in [0.25, 0.3) is 10.6 Å². The minimum atomic E-state index is -0.399. The van der Waals surface area contributed by atoms with E-state index in [2.05, 4.69) is 24.1 Å². The van der Waals surface area contributed by atoms with Gasteiger partial charge in [-0.1, -0.05) is 31.5 Å². The van der Waals surface area contributed by atoms with Crippen molar-refractivity contribution in [1.29, 1.82) is 0 Å². The van der Waals surface area contributed by atoms with Gasteiger partial charge in [-0.15, -0.1) is 11.3 Å². The van der Waals surface area contributed by atoms with Crippen LogP contribution < -0.4 is 5.32 Å². The Kier molecular flexibility index (Phi) is 5.13. The van der Waals surface area contributed by atoms with Crippen LogP contribution in [-0.4, -0.2) is 11.5 Å². The zero-order chi connectivity index (χ0) is 14.7. The molecular weight excluding hydrogens is 295 g/mol. The van der Waals surface area contributed by atoms with E-state index >= 15 is 0 Å². The van der Waals surface area contributed by atoms with E-state index in [1.54, 1.807) is 18.2 Å². The molecular formula is C15H18ClFN2S. The third-order valence-electron chi connectivity index (χ3n) is 2.91. The molecule has 2 nitrogen and oxygen atoms in total. The van der Waals surface area contributed by atoms with Gasteiger partial charge in [-0.05, 0) is 31.5 Å². The average molecular weight is 313 g/mol. The summed E-state index contributed by atoms with van der Waals surface area (Å²) in [5, 5.41) is 4.20. The molecule has 1 N–H and O–H groups in total. The summed E-state index contributed by atoms with van der Waals surface area (Å²) in [7, 11) is 0. The first-order valence-corrected chi connectivity index (χ1v) is 7.80. The van der Waals surface area contributed by atoms with Gasteiger partial charge < -0.3 is 5.32 Å². The van der Waals surface area contributed by atoms with Gasteiger partial charge in [0.05, 0.1) is 10.7 Å². The Morgan fingerprint density at radius 3 is 2.85 bits per heavy atom. The van der Waals surface area contributed by atoms with Crippen molar-refractivity contribution in [3.8, 4) is 10.6 Å². The fraction of sp³-hybridized carbons (Fsp3) is 0.400. The molecule has 0 atom stereocenters. The highest BCUT2D eigenvalue weighted by Gasteiger charge is 2.14. The average Bonchev–Trinajstić information content (AvgIpc) is 2.74. The van der Waals surface area contributed by atoms with Crippen LogP contribution in [0.15, 0.2) is 18.2 Å². The molecule has 1 heterocycles. The smallest absolute Gasteiger partial charge is 0.152 e. The number of hydrogen-bond acceptors (Lipinski definition) is 3. The summed E-state index contributed by atoms with van der Waals surface area (Å²) >= 11 is 7.33. The first-order valence-electron chi connectivity index (χ1n) is 6.60. The first kappa shape index (κ1) is 15.4. The molecule has 0 aliphatic carbocycles. The topological polar surface area (TPSA) is 24.9 Å². The van der Waals surface area contributed by atoms with Gasteiger partial charge in [-0.25, -0.2) is 9.37 Å². The Labute approximate surface area is 128 Å². The fourth-order valence-corrected chi connectivity index (χ4v) is 3.08. The van der Waals surface area contributed by atoms with E-state index in [1.807, 2.05) is 6.92 Å². The van der Waals surface area contributed by atoms with Crippen molar-refractivity contribution in [2.24, 2.45) is 5.92 Å². The van der Waals surface area contributed by atoms with Crippen molar-refractivity contribution < 1.29 is 4.39 Å². The van der Waals surface area contributed by atoms with Gasteiger partial charge in [0.15, 0.2) is 5.82 Å². The molecule has 0 amide bonds. The Morgan fingerprint density at radius 1 is 1.40 bits per heavy atom. The Morgan fingerprint density at radius 2 is 2.15 bits per heavy atom. The van der Waals surface area contributed by atoms with Crippen LogP contribution in [0.5, 0.6) is 0 Å². The largest absolute Gasteiger partial charge is 0.312 e. The van der Waals surface area contributed by atoms with Gasteiger partial charge >= 0.3 is 0 Å². The molecule has 0 saturated carbocycles. The number of rotatable bonds is 5. The van der Waals surface area contributed by atoms with E-state index in [9.17, 15) is 4.39 Å². The maximum atomic E-state index is 14.0. The Bertz CT molecular complexity index is 596. The lowest BCUT2D eigenvalue weighted by atomic mass is 10.2. The molecule has 0 aliphatic heterocycles. The van der Waals surface area contributed by atoms with Crippen molar-refractivity contribution >= 4 is 22.9 Å². The fourth-order valence-electron chi connectivity index (χ4n) is 1.85. The second-order valence-corrected chi connectivity index (χ2v) is 6.64. The van der Waals surface area contributed by atoms with Crippen LogP contribution in [-0.2, 0) is 6.54 Å². The molecule has 0 bridgehead atoms. The normalized spacial score (nSPS) is 11.3. The molecule has 1 aromatic carbocycles. The maximum absolute atomic E-state index is 14.0. The van der Waals surface area contributed by atoms with Gasteiger partial charge in [0.25, 0.3) is 0 Å². The lowest BCUT2D eigenvalue weighted by molar-refractivity contribution is 0.554. The van der Waals surface area contributed by atoms with Gasteiger partial charge in [-0.3, -0.25) is 0 Å². The van der Waals surface area contributed by atoms with Crippen molar-refractivity contribution in [1.82, 2.24) is 10.3 Å². The highest BCUT2D eigenvalue weighted by atomic mass is 35.5. The van der Waals surface area contributed by atoms with Crippen molar-refractivity contribution in [2.45, 2.75) is 27.3 Å². The molecule has 0 unspecified atom stereocenters. The monoisotopic (exact) mass is 312 g/mol. The SMILES string of the molecule is Cc1nc(-c2cccc(Cl)c2F)sc1CNCC(C)C. The molecule has 0 saturated heterocycles. The molecule has 0 radical (unpaired) electrons. The summed E-state index contributed by atoms with van der Waals surface area (Å²) in [6.45, 7) is 8.01. The van der Waals surface area contributed by atoms with E-state index in [0.29, 0.717) is 16.5 Å². The number of aromatic nitrogens is 1. The summed E-state index contributed by atoms with van der Waals surface area (Å²) in [5.41, 5.74) is 1.42. The number of halogens is 2. The molecule has 20 heavy (non-hydrogen) atoms. The zero-order valence-corrected chi connectivity index (χ0v) is 13.4. The van der Waals surface area contributed by atoms with Gasteiger partial charge in [0, 0.05) is 17.0 Å². The number of hydrogen-bond donors (Lipinski definition) is 1. The van der Waals surface area contributed by atoms with Crippen molar-refractivity contribution in [2.75, 3.05) is 6.54 Å². The first-order chi connectivity index (χ1) is 9.49. The lowest BCUT2D eigenvalue weighted by Gasteiger charge is -2.05. The predicted molar refractivity (Wildman–Crippen MR) is 83.8 cm³/mol. The molecule has 2 aromatic rings. The summed E-state index contributed by atoms with van der Waals surface area (Å²) in [6, 6.07) is 5.00. The van der Waals surface area contributed by atoms with E-state index in [1.165, 1.54) is 11.3 Å². The summed E-state index contributed by atoms with van der Waals surface area (Å²) in [6.07, 6.45) is 0. The van der Waals surface area contributed by atoms with Gasteiger partial charge in [0.2, 0.25) is 0 Å². The van der Waals surface area contributed by atoms with E-state index in [4.69, 9.17) is 11.6 Å². The zero-order valence-electron chi connectivity index (χ0n) is 11.8. The van der Waals surface area contributed by atoms with Crippen molar-refractivity contribution in [3.63, 3.8) is 0 Å². The molecule has 0 fully saturated rings. The summed E-state index contributed by atoms with van der Waals surface area (Å²) < 4.78 is 14.0. The Hall–Kier alpha value is -0.970. The van der Waals surface area contributed by atoms with Crippen LogP contribution in [0.3, 0.4) is 0 Å². The van der Waals surface area contributed by atoms with Crippen LogP contribution in [0.2, 0.25) is 5.02 Å². The minimum absolute atomic E-state index is 0.134. The minimum Gasteiger partial charge on any atom is -0.312 e. The third-order valence-corrected chi connectivity index (χ3v) is 4.40. The van der Waals surface area contributed by atoms with Crippen LogP contribution in [0, 0.1) is 18.7 Å². The van der Waals surface area contributed by atoms with Crippen LogP contribution >= 0.6 is 22.9 Å². The van der Waals surface area contributed by atoms with E-state index in [0.717, 1.165) is 23.7 Å². The standard InChI is InChI=1S/C15H18ClFN2S/c1-9(2)7-18-8-13-10(3)19-15(20-13)11-5-4-6-12(16)14(11)17/h4-6,9,18H,7-8H2,1-3H3. The highest BCUT2D eigenvalue weighted by molar-refractivity contribution is 7.15. The third kappa shape index (κ3) is 3.57. The van der Waals surface area contributed by atoms with Crippen LogP contribution in [0.1, 0.15) is 24.4 Å². The van der Waals surface area contributed by atoms with E-state index in [-0.39, 0.29) is 5.02 Å². The quantitative estimate of drug-likeness (QED) is 0.868. The molecule has 1 aromatic heterocycles. The molecule has 5 heteroatoms. The molecule has 108 valence electrons. The van der Waals surface area contributed by atoms with Gasteiger partial charge in [0.1, 0.15) is 5.01 Å². The van der Waals surface area contributed by atoms with E-state index < -0.39 is 5.82 Å².